The first-order chi connectivity index (χ1) is 9.17. The highest BCUT2D eigenvalue weighted by molar-refractivity contribution is 6.00. The molecule has 0 aromatic heterocycles. The fourth-order valence-corrected chi connectivity index (χ4v) is 2.61. The number of nitrogens with one attached hydrogen (secondary N) is 1. The van der Waals surface area contributed by atoms with Gasteiger partial charge in [0.05, 0.1) is 18.4 Å². The molecule has 2 unspecified atom stereocenters. The highest BCUT2D eigenvalue weighted by atomic mass is 16.5. The van der Waals surface area contributed by atoms with Crippen molar-refractivity contribution >= 4 is 11.6 Å². The Hall–Kier alpha value is -1.75. The van der Waals surface area contributed by atoms with E-state index in [2.05, 4.69) is 5.32 Å². The third kappa shape index (κ3) is 2.81. The van der Waals surface area contributed by atoms with Gasteiger partial charge in [-0.15, -0.1) is 0 Å². The Morgan fingerprint density at radius 3 is 3.00 bits per heavy atom. The molecule has 2 rings (SSSR count). The molecule has 2 atom stereocenters. The topological polar surface area (TPSA) is 84.6 Å². The minimum atomic E-state index is -0.207. The second kappa shape index (κ2) is 5.93. The van der Waals surface area contributed by atoms with Crippen molar-refractivity contribution in [1.82, 2.24) is 5.32 Å². The number of hydrogen-bond donors (Lipinski definition) is 3. The standard InChI is InChI=1S/C14H20N2O3/c1-19-12-7-3-5-10(13(12)15)14(18)16-11-6-2-4-9(11)8-17/h3,5,7,9,11,17H,2,4,6,8,15H2,1H3,(H,16,18). The third-order valence-electron chi connectivity index (χ3n) is 3.74. The number of carbonyl (C=O) groups excluding carboxylic acids is 1. The maximum atomic E-state index is 12.2. The molecule has 0 radical (unpaired) electrons. The van der Waals surface area contributed by atoms with Gasteiger partial charge in [-0.25, -0.2) is 0 Å². The van der Waals surface area contributed by atoms with Crippen LogP contribution in [0.4, 0.5) is 5.69 Å². The molecule has 104 valence electrons. The maximum Gasteiger partial charge on any atom is 0.253 e. The van der Waals surface area contributed by atoms with Gasteiger partial charge in [0.25, 0.3) is 5.91 Å². The zero-order valence-corrected chi connectivity index (χ0v) is 11.1. The van der Waals surface area contributed by atoms with Gasteiger partial charge in [0, 0.05) is 18.6 Å². The lowest BCUT2D eigenvalue weighted by Gasteiger charge is -2.19. The molecule has 0 aliphatic heterocycles. The number of aliphatic hydroxyl groups excluding tert-OH is 1. The molecule has 5 heteroatoms. The second-order valence-corrected chi connectivity index (χ2v) is 4.88. The average Bonchev–Trinajstić information content (AvgIpc) is 2.86. The first-order valence-corrected chi connectivity index (χ1v) is 6.51. The number of carbonyl (C=O) groups is 1. The van der Waals surface area contributed by atoms with Crippen molar-refractivity contribution in [3.05, 3.63) is 23.8 Å². The van der Waals surface area contributed by atoms with Crippen molar-refractivity contribution in [3.63, 3.8) is 0 Å². The molecule has 0 spiro atoms. The monoisotopic (exact) mass is 264 g/mol. The number of anilines is 1. The lowest BCUT2D eigenvalue weighted by Crippen LogP contribution is -2.38. The van der Waals surface area contributed by atoms with Crippen LogP contribution in [0.2, 0.25) is 0 Å². The zero-order chi connectivity index (χ0) is 13.8. The maximum absolute atomic E-state index is 12.2. The van der Waals surface area contributed by atoms with E-state index < -0.39 is 0 Å². The van der Waals surface area contributed by atoms with E-state index in [1.807, 2.05) is 0 Å². The van der Waals surface area contributed by atoms with Crippen molar-refractivity contribution in [2.24, 2.45) is 5.92 Å². The Morgan fingerprint density at radius 1 is 1.53 bits per heavy atom. The summed E-state index contributed by atoms with van der Waals surface area (Å²) in [6.45, 7) is 0.110. The fourth-order valence-electron chi connectivity index (χ4n) is 2.61. The van der Waals surface area contributed by atoms with Gasteiger partial charge in [0.1, 0.15) is 5.75 Å². The van der Waals surface area contributed by atoms with Crippen LogP contribution in [0.25, 0.3) is 0 Å². The Bertz CT molecular complexity index is 462. The molecule has 1 aliphatic carbocycles. The number of aliphatic hydroxyl groups is 1. The van der Waals surface area contributed by atoms with Gasteiger partial charge in [-0.3, -0.25) is 4.79 Å². The number of ether oxygens (including phenoxy) is 1. The molecule has 4 N–H and O–H groups in total. The molecule has 1 amide bonds. The molecule has 1 fully saturated rings. The molecule has 0 heterocycles. The predicted octanol–water partition coefficient (Wildman–Crippen LogP) is 1.17. The van der Waals surface area contributed by atoms with E-state index in [9.17, 15) is 9.90 Å². The van der Waals surface area contributed by atoms with Crippen LogP contribution in [0.5, 0.6) is 5.75 Å². The summed E-state index contributed by atoms with van der Waals surface area (Å²) in [5.41, 5.74) is 6.67. The van der Waals surface area contributed by atoms with Crippen molar-refractivity contribution in [2.75, 3.05) is 19.5 Å². The highest BCUT2D eigenvalue weighted by Gasteiger charge is 2.28. The summed E-state index contributed by atoms with van der Waals surface area (Å²) in [6.07, 6.45) is 2.89. The van der Waals surface area contributed by atoms with Crippen molar-refractivity contribution in [1.29, 1.82) is 0 Å². The predicted molar refractivity (Wildman–Crippen MR) is 73.1 cm³/mol. The van der Waals surface area contributed by atoms with Crippen LogP contribution in [0.3, 0.4) is 0 Å². The van der Waals surface area contributed by atoms with Gasteiger partial charge in [0.2, 0.25) is 0 Å². The summed E-state index contributed by atoms with van der Waals surface area (Å²) in [5, 5.41) is 12.2. The molecule has 1 aromatic rings. The van der Waals surface area contributed by atoms with E-state index in [1.54, 1.807) is 18.2 Å². The SMILES string of the molecule is COc1cccc(C(=O)NC2CCCC2CO)c1N. The van der Waals surface area contributed by atoms with Crippen LogP contribution >= 0.6 is 0 Å². The molecule has 5 nitrogen and oxygen atoms in total. The van der Waals surface area contributed by atoms with E-state index in [-0.39, 0.29) is 24.5 Å². The minimum absolute atomic E-state index is 0.0306. The summed E-state index contributed by atoms with van der Waals surface area (Å²) >= 11 is 0. The molecule has 1 aliphatic rings. The number of para-hydroxylation sites is 1. The van der Waals surface area contributed by atoms with Crippen LogP contribution in [0, 0.1) is 5.92 Å². The highest BCUT2D eigenvalue weighted by Crippen LogP contribution is 2.27. The first kappa shape index (κ1) is 13.7. The summed E-state index contributed by atoms with van der Waals surface area (Å²) in [4.78, 5) is 12.2. The van der Waals surface area contributed by atoms with Crippen molar-refractivity contribution in [2.45, 2.75) is 25.3 Å². The third-order valence-corrected chi connectivity index (χ3v) is 3.74. The lowest BCUT2D eigenvalue weighted by atomic mass is 10.0. The van der Waals surface area contributed by atoms with Crippen LogP contribution in [-0.2, 0) is 0 Å². The number of nitrogen functional groups attached to an aromatic ring is 1. The van der Waals surface area contributed by atoms with Crippen LogP contribution < -0.4 is 15.8 Å². The molecule has 19 heavy (non-hydrogen) atoms. The van der Waals surface area contributed by atoms with E-state index in [0.717, 1.165) is 19.3 Å². The Kier molecular flexibility index (Phi) is 4.27. The Labute approximate surface area is 112 Å². The summed E-state index contributed by atoms with van der Waals surface area (Å²) < 4.78 is 5.10. The summed E-state index contributed by atoms with van der Waals surface area (Å²) in [5.74, 6) is 0.440. The van der Waals surface area contributed by atoms with Gasteiger partial charge < -0.3 is 20.9 Å². The number of hydrogen-bond acceptors (Lipinski definition) is 4. The molecule has 0 bridgehead atoms. The summed E-state index contributed by atoms with van der Waals surface area (Å²) in [6, 6.07) is 5.17. The van der Waals surface area contributed by atoms with E-state index in [0.29, 0.717) is 17.0 Å². The minimum Gasteiger partial charge on any atom is -0.495 e. The number of amides is 1. The largest absolute Gasteiger partial charge is 0.495 e. The second-order valence-electron chi connectivity index (χ2n) is 4.88. The van der Waals surface area contributed by atoms with Gasteiger partial charge in [0.15, 0.2) is 0 Å². The van der Waals surface area contributed by atoms with Crippen LogP contribution in [-0.4, -0.2) is 30.8 Å². The molecule has 1 aromatic carbocycles. The quantitative estimate of drug-likeness (QED) is 0.713. The van der Waals surface area contributed by atoms with Gasteiger partial charge in [-0.1, -0.05) is 12.5 Å². The molecular weight excluding hydrogens is 244 g/mol. The number of benzene rings is 1. The van der Waals surface area contributed by atoms with E-state index in [1.165, 1.54) is 7.11 Å². The number of rotatable bonds is 4. The van der Waals surface area contributed by atoms with Crippen molar-refractivity contribution < 1.29 is 14.6 Å². The summed E-state index contributed by atoms with van der Waals surface area (Å²) in [7, 11) is 1.52. The first-order valence-electron chi connectivity index (χ1n) is 6.51. The van der Waals surface area contributed by atoms with Crippen LogP contribution in [0.15, 0.2) is 18.2 Å². The molecular formula is C14H20N2O3. The lowest BCUT2D eigenvalue weighted by molar-refractivity contribution is 0.0916. The zero-order valence-electron chi connectivity index (χ0n) is 11.1. The molecule has 0 saturated heterocycles. The fraction of sp³-hybridized carbons (Fsp3) is 0.500. The van der Waals surface area contributed by atoms with Gasteiger partial charge in [-0.2, -0.15) is 0 Å². The molecule has 1 saturated carbocycles. The van der Waals surface area contributed by atoms with Gasteiger partial charge >= 0.3 is 0 Å². The Balaban J connectivity index is 2.12. The van der Waals surface area contributed by atoms with Crippen molar-refractivity contribution in [3.8, 4) is 5.75 Å². The van der Waals surface area contributed by atoms with E-state index >= 15 is 0 Å². The average molecular weight is 264 g/mol. The normalized spacial score (nSPS) is 22.2. The van der Waals surface area contributed by atoms with Gasteiger partial charge in [-0.05, 0) is 25.0 Å². The van der Waals surface area contributed by atoms with Crippen LogP contribution in [0.1, 0.15) is 29.6 Å². The Morgan fingerprint density at radius 2 is 2.32 bits per heavy atom. The van der Waals surface area contributed by atoms with E-state index in [4.69, 9.17) is 10.5 Å². The number of nitrogens with two attached hydrogens (primary N) is 1. The number of methoxy groups -OCH3 is 1. The smallest absolute Gasteiger partial charge is 0.253 e.